The first-order valence-corrected chi connectivity index (χ1v) is 7.05. The summed E-state index contributed by atoms with van der Waals surface area (Å²) in [5.41, 5.74) is 0.519. The summed E-state index contributed by atoms with van der Waals surface area (Å²) in [6, 6.07) is 1.88. The van der Waals surface area contributed by atoms with Crippen LogP contribution in [0, 0.1) is 5.41 Å². The third-order valence-electron chi connectivity index (χ3n) is 4.29. The van der Waals surface area contributed by atoms with Gasteiger partial charge < -0.3 is 5.32 Å². The summed E-state index contributed by atoms with van der Waals surface area (Å²) in [5.74, 6) is 0.957. The van der Waals surface area contributed by atoms with Gasteiger partial charge in [0.05, 0.1) is 6.54 Å². The van der Waals surface area contributed by atoms with Crippen LogP contribution in [0.3, 0.4) is 0 Å². The Kier molecular flexibility index (Phi) is 3.57. The molecule has 98 valence electrons. The van der Waals surface area contributed by atoms with E-state index in [1.807, 2.05) is 18.5 Å². The third-order valence-corrected chi connectivity index (χ3v) is 4.29. The van der Waals surface area contributed by atoms with Crippen molar-refractivity contribution >= 4 is 0 Å². The van der Waals surface area contributed by atoms with E-state index in [1.165, 1.54) is 51.9 Å². The van der Waals surface area contributed by atoms with Crippen LogP contribution in [-0.2, 0) is 6.54 Å². The molecule has 1 unspecified atom stereocenters. The smallest absolute Gasteiger partial charge is 0.142 e. The molecule has 1 atom stereocenters. The molecule has 4 heteroatoms. The van der Waals surface area contributed by atoms with Crippen LogP contribution < -0.4 is 5.32 Å². The van der Waals surface area contributed by atoms with Crippen LogP contribution in [0.25, 0.3) is 0 Å². The Morgan fingerprint density at radius 1 is 1.22 bits per heavy atom. The molecule has 2 fully saturated rings. The SMILES string of the molecule is c1cnc(CN2CCCC3(CCCNC3)C2)nc1. The Morgan fingerprint density at radius 2 is 2.06 bits per heavy atom. The van der Waals surface area contributed by atoms with E-state index in [0.717, 1.165) is 12.4 Å². The first kappa shape index (κ1) is 12.1. The zero-order chi connectivity index (χ0) is 12.3. The molecule has 0 bridgehead atoms. The molecule has 0 aliphatic carbocycles. The molecule has 1 N–H and O–H groups in total. The van der Waals surface area contributed by atoms with Gasteiger partial charge in [-0.1, -0.05) is 0 Å². The highest BCUT2D eigenvalue weighted by atomic mass is 15.2. The number of rotatable bonds is 2. The van der Waals surface area contributed by atoms with E-state index in [-0.39, 0.29) is 0 Å². The molecule has 0 saturated carbocycles. The number of hydrogen-bond donors (Lipinski definition) is 1. The average molecular weight is 246 g/mol. The third kappa shape index (κ3) is 2.70. The second-order valence-electron chi connectivity index (χ2n) is 5.76. The first-order valence-electron chi connectivity index (χ1n) is 7.05. The van der Waals surface area contributed by atoms with Crippen molar-refractivity contribution in [3.8, 4) is 0 Å². The molecule has 18 heavy (non-hydrogen) atoms. The first-order chi connectivity index (χ1) is 8.86. The lowest BCUT2D eigenvalue weighted by Crippen LogP contribution is -2.50. The van der Waals surface area contributed by atoms with Gasteiger partial charge in [-0.15, -0.1) is 0 Å². The second-order valence-corrected chi connectivity index (χ2v) is 5.76. The van der Waals surface area contributed by atoms with Crippen LogP contribution in [0.5, 0.6) is 0 Å². The van der Waals surface area contributed by atoms with E-state index in [4.69, 9.17) is 0 Å². The van der Waals surface area contributed by atoms with Crippen molar-refractivity contribution in [3.63, 3.8) is 0 Å². The molecule has 2 aliphatic rings. The minimum Gasteiger partial charge on any atom is -0.316 e. The van der Waals surface area contributed by atoms with Gasteiger partial charge in [-0.05, 0) is 50.3 Å². The van der Waals surface area contributed by atoms with Crippen LogP contribution >= 0.6 is 0 Å². The van der Waals surface area contributed by atoms with Gasteiger partial charge in [0, 0.05) is 25.5 Å². The van der Waals surface area contributed by atoms with Gasteiger partial charge in [0.1, 0.15) is 5.82 Å². The fourth-order valence-electron chi connectivity index (χ4n) is 3.44. The number of nitrogens with one attached hydrogen (secondary N) is 1. The predicted molar refractivity (Wildman–Crippen MR) is 71.1 cm³/mol. The van der Waals surface area contributed by atoms with Gasteiger partial charge in [-0.3, -0.25) is 4.90 Å². The van der Waals surface area contributed by atoms with Crippen LogP contribution in [-0.4, -0.2) is 41.0 Å². The van der Waals surface area contributed by atoms with E-state index in [2.05, 4.69) is 20.2 Å². The van der Waals surface area contributed by atoms with Crippen LogP contribution in [0.4, 0.5) is 0 Å². The van der Waals surface area contributed by atoms with E-state index >= 15 is 0 Å². The number of likely N-dealkylation sites (tertiary alicyclic amines) is 1. The number of aromatic nitrogens is 2. The monoisotopic (exact) mass is 246 g/mol. The molecule has 4 nitrogen and oxygen atoms in total. The molecular formula is C14H22N4. The van der Waals surface area contributed by atoms with Crippen molar-refractivity contribution in [1.82, 2.24) is 20.2 Å². The van der Waals surface area contributed by atoms with Gasteiger partial charge in [0.15, 0.2) is 0 Å². The summed E-state index contributed by atoms with van der Waals surface area (Å²) < 4.78 is 0. The van der Waals surface area contributed by atoms with Crippen molar-refractivity contribution in [2.45, 2.75) is 32.2 Å². The van der Waals surface area contributed by atoms with Crippen molar-refractivity contribution in [1.29, 1.82) is 0 Å². The maximum Gasteiger partial charge on any atom is 0.142 e. The lowest BCUT2D eigenvalue weighted by Gasteiger charge is -2.45. The summed E-state index contributed by atoms with van der Waals surface area (Å²) in [7, 11) is 0. The van der Waals surface area contributed by atoms with Crippen LogP contribution in [0.15, 0.2) is 18.5 Å². The summed E-state index contributed by atoms with van der Waals surface area (Å²) in [4.78, 5) is 11.2. The maximum atomic E-state index is 4.34. The summed E-state index contributed by atoms with van der Waals surface area (Å²) in [6.07, 6.45) is 9.08. The van der Waals surface area contributed by atoms with E-state index in [1.54, 1.807) is 0 Å². The van der Waals surface area contributed by atoms with Crippen molar-refractivity contribution in [2.24, 2.45) is 5.41 Å². The fourth-order valence-corrected chi connectivity index (χ4v) is 3.44. The fraction of sp³-hybridized carbons (Fsp3) is 0.714. The molecule has 1 aromatic heterocycles. The molecule has 3 rings (SSSR count). The molecule has 0 amide bonds. The quantitative estimate of drug-likeness (QED) is 0.857. The highest BCUT2D eigenvalue weighted by Crippen LogP contribution is 2.36. The van der Waals surface area contributed by atoms with Gasteiger partial charge in [0.2, 0.25) is 0 Å². The molecule has 0 aromatic carbocycles. The lowest BCUT2D eigenvalue weighted by molar-refractivity contribution is 0.0585. The average Bonchev–Trinajstić information content (AvgIpc) is 2.41. The zero-order valence-corrected chi connectivity index (χ0v) is 10.9. The molecule has 2 saturated heterocycles. The standard InChI is InChI=1S/C14H22N4/c1-4-14(11-15-6-1)5-2-9-18(12-14)10-13-16-7-3-8-17-13/h3,7-8,15H,1-2,4-6,9-12H2. The Hall–Kier alpha value is -1.00. The number of hydrogen-bond acceptors (Lipinski definition) is 4. The lowest BCUT2D eigenvalue weighted by atomic mass is 9.74. The highest BCUT2D eigenvalue weighted by Gasteiger charge is 2.36. The molecule has 1 aromatic rings. The van der Waals surface area contributed by atoms with Crippen LogP contribution in [0.2, 0.25) is 0 Å². The normalized spacial score (nSPS) is 29.6. The van der Waals surface area contributed by atoms with Gasteiger partial charge in [-0.2, -0.15) is 0 Å². The van der Waals surface area contributed by atoms with Gasteiger partial charge in [-0.25, -0.2) is 9.97 Å². The van der Waals surface area contributed by atoms with E-state index < -0.39 is 0 Å². The molecule has 0 radical (unpaired) electrons. The van der Waals surface area contributed by atoms with Gasteiger partial charge in [0.25, 0.3) is 0 Å². The van der Waals surface area contributed by atoms with E-state index in [9.17, 15) is 0 Å². The Balaban J connectivity index is 1.63. The largest absolute Gasteiger partial charge is 0.316 e. The van der Waals surface area contributed by atoms with Crippen molar-refractivity contribution in [2.75, 3.05) is 26.2 Å². The maximum absolute atomic E-state index is 4.34. The topological polar surface area (TPSA) is 41.1 Å². The minimum atomic E-state index is 0.519. The highest BCUT2D eigenvalue weighted by molar-refractivity contribution is 4.94. The Labute approximate surface area is 109 Å². The molecule has 1 spiro atoms. The Morgan fingerprint density at radius 3 is 2.83 bits per heavy atom. The second kappa shape index (κ2) is 5.33. The van der Waals surface area contributed by atoms with Crippen LogP contribution in [0.1, 0.15) is 31.5 Å². The van der Waals surface area contributed by atoms with Gasteiger partial charge >= 0.3 is 0 Å². The summed E-state index contributed by atoms with van der Waals surface area (Å²) in [6.45, 7) is 5.70. The summed E-state index contributed by atoms with van der Waals surface area (Å²) >= 11 is 0. The van der Waals surface area contributed by atoms with Crippen molar-refractivity contribution < 1.29 is 0 Å². The predicted octanol–water partition coefficient (Wildman–Crippen LogP) is 1.44. The number of piperidine rings is 2. The van der Waals surface area contributed by atoms with Crippen molar-refractivity contribution in [3.05, 3.63) is 24.3 Å². The molecule has 3 heterocycles. The molecule has 2 aliphatic heterocycles. The zero-order valence-electron chi connectivity index (χ0n) is 10.9. The molecular weight excluding hydrogens is 224 g/mol. The minimum absolute atomic E-state index is 0.519. The number of nitrogens with zero attached hydrogens (tertiary/aromatic N) is 3. The van der Waals surface area contributed by atoms with E-state index in [0.29, 0.717) is 5.41 Å². The Bertz CT molecular complexity index is 367. The summed E-state index contributed by atoms with van der Waals surface area (Å²) in [5, 5.41) is 3.57.